The van der Waals surface area contributed by atoms with Crippen LogP contribution in [0.15, 0.2) is 18.3 Å². The standard InChI is InChI=1S/C17H22FN3O/c18-14-5-2-8-19-16(14)21-9-13(11-6-7-11)15(10-21)20-17(22)12-3-1-4-12/h2,5,8,11-13,15H,1,3-4,6-7,9-10H2,(H,20,22). The quantitative estimate of drug-likeness (QED) is 0.928. The summed E-state index contributed by atoms with van der Waals surface area (Å²) in [7, 11) is 0. The van der Waals surface area contributed by atoms with Gasteiger partial charge in [-0.25, -0.2) is 9.37 Å². The molecule has 2 unspecified atom stereocenters. The van der Waals surface area contributed by atoms with Gasteiger partial charge in [-0.1, -0.05) is 6.42 Å². The Morgan fingerprint density at radius 1 is 1.27 bits per heavy atom. The minimum Gasteiger partial charge on any atom is -0.352 e. The van der Waals surface area contributed by atoms with Crippen molar-refractivity contribution in [3.63, 3.8) is 0 Å². The van der Waals surface area contributed by atoms with E-state index in [2.05, 4.69) is 10.3 Å². The number of hydrogen-bond acceptors (Lipinski definition) is 3. The molecule has 2 saturated carbocycles. The lowest BCUT2D eigenvalue weighted by Crippen LogP contribution is -2.45. The zero-order valence-corrected chi connectivity index (χ0v) is 12.7. The molecule has 3 aliphatic rings. The lowest BCUT2D eigenvalue weighted by molar-refractivity contribution is -0.128. The predicted octanol–water partition coefficient (Wildman–Crippen LogP) is 2.35. The third kappa shape index (κ3) is 2.57. The summed E-state index contributed by atoms with van der Waals surface area (Å²) < 4.78 is 14.0. The molecule has 2 aliphatic carbocycles. The number of halogens is 1. The van der Waals surface area contributed by atoms with Gasteiger partial charge in [0.2, 0.25) is 5.91 Å². The van der Waals surface area contributed by atoms with Crippen LogP contribution in [0.25, 0.3) is 0 Å². The molecule has 1 aromatic rings. The number of aromatic nitrogens is 1. The number of anilines is 1. The summed E-state index contributed by atoms with van der Waals surface area (Å²) in [5.74, 6) is 1.68. The average Bonchev–Trinajstić information content (AvgIpc) is 3.19. The van der Waals surface area contributed by atoms with Gasteiger partial charge in [0.15, 0.2) is 11.6 Å². The molecule has 5 heteroatoms. The van der Waals surface area contributed by atoms with Gasteiger partial charge in [0.1, 0.15) is 0 Å². The molecule has 1 saturated heterocycles. The van der Waals surface area contributed by atoms with Crippen molar-refractivity contribution in [2.75, 3.05) is 18.0 Å². The highest BCUT2D eigenvalue weighted by Gasteiger charge is 2.44. The van der Waals surface area contributed by atoms with Gasteiger partial charge in [-0.05, 0) is 43.7 Å². The Morgan fingerprint density at radius 3 is 2.73 bits per heavy atom. The van der Waals surface area contributed by atoms with E-state index < -0.39 is 0 Å². The summed E-state index contributed by atoms with van der Waals surface area (Å²) in [6, 6.07) is 3.21. The van der Waals surface area contributed by atoms with E-state index in [4.69, 9.17) is 0 Å². The van der Waals surface area contributed by atoms with Crippen LogP contribution in [-0.4, -0.2) is 30.0 Å². The molecule has 1 N–H and O–H groups in total. The zero-order chi connectivity index (χ0) is 15.1. The van der Waals surface area contributed by atoms with Gasteiger partial charge in [0.05, 0.1) is 6.04 Å². The minimum absolute atomic E-state index is 0.141. The summed E-state index contributed by atoms with van der Waals surface area (Å²) in [5.41, 5.74) is 0. The van der Waals surface area contributed by atoms with Crippen LogP contribution in [-0.2, 0) is 4.79 Å². The fourth-order valence-electron chi connectivity index (χ4n) is 3.74. The van der Waals surface area contributed by atoms with Gasteiger partial charge in [0.25, 0.3) is 0 Å². The molecule has 1 amide bonds. The molecular weight excluding hydrogens is 281 g/mol. The average molecular weight is 303 g/mol. The molecule has 2 heterocycles. The Labute approximate surface area is 130 Å². The minimum atomic E-state index is -0.275. The predicted molar refractivity (Wildman–Crippen MR) is 81.9 cm³/mol. The molecule has 0 radical (unpaired) electrons. The van der Waals surface area contributed by atoms with Gasteiger partial charge in [-0.3, -0.25) is 4.79 Å². The first-order valence-electron chi connectivity index (χ1n) is 8.38. The molecule has 0 aromatic carbocycles. The van der Waals surface area contributed by atoms with E-state index in [1.54, 1.807) is 12.3 Å². The fourth-order valence-corrected chi connectivity index (χ4v) is 3.74. The largest absolute Gasteiger partial charge is 0.352 e. The van der Waals surface area contributed by atoms with E-state index in [1.807, 2.05) is 4.90 Å². The van der Waals surface area contributed by atoms with Crippen molar-refractivity contribution < 1.29 is 9.18 Å². The van der Waals surface area contributed by atoms with Crippen LogP contribution in [0.3, 0.4) is 0 Å². The van der Waals surface area contributed by atoms with Crippen molar-refractivity contribution in [3.05, 3.63) is 24.1 Å². The van der Waals surface area contributed by atoms with Gasteiger partial charge in [-0.15, -0.1) is 0 Å². The first kappa shape index (κ1) is 14.0. The van der Waals surface area contributed by atoms with E-state index in [0.717, 1.165) is 19.4 Å². The maximum absolute atomic E-state index is 14.0. The van der Waals surface area contributed by atoms with Crippen molar-refractivity contribution >= 4 is 11.7 Å². The van der Waals surface area contributed by atoms with E-state index in [0.29, 0.717) is 24.2 Å². The zero-order valence-electron chi connectivity index (χ0n) is 12.7. The van der Waals surface area contributed by atoms with Gasteiger partial charge in [-0.2, -0.15) is 0 Å². The van der Waals surface area contributed by atoms with Crippen LogP contribution < -0.4 is 10.2 Å². The van der Waals surface area contributed by atoms with Crippen LogP contribution in [0.5, 0.6) is 0 Å². The number of nitrogens with one attached hydrogen (secondary N) is 1. The maximum Gasteiger partial charge on any atom is 0.223 e. The Bertz CT molecular complexity index is 571. The Kier molecular flexibility index (Phi) is 3.51. The summed E-state index contributed by atoms with van der Waals surface area (Å²) >= 11 is 0. The van der Waals surface area contributed by atoms with E-state index in [1.165, 1.54) is 25.3 Å². The summed E-state index contributed by atoms with van der Waals surface area (Å²) in [6.07, 6.45) is 7.30. The molecule has 118 valence electrons. The normalized spacial score (nSPS) is 28.5. The SMILES string of the molecule is O=C(NC1CN(c2ncccc2F)CC1C1CC1)C1CCC1. The van der Waals surface area contributed by atoms with Gasteiger partial charge < -0.3 is 10.2 Å². The highest BCUT2D eigenvalue weighted by atomic mass is 19.1. The summed E-state index contributed by atoms with van der Waals surface area (Å²) in [6.45, 7) is 1.47. The molecule has 1 aromatic heterocycles. The number of rotatable bonds is 4. The molecule has 2 atom stereocenters. The smallest absolute Gasteiger partial charge is 0.223 e. The first-order chi connectivity index (χ1) is 10.7. The second-order valence-electron chi connectivity index (χ2n) is 6.96. The highest BCUT2D eigenvalue weighted by molar-refractivity contribution is 5.79. The molecule has 4 nitrogen and oxygen atoms in total. The second kappa shape index (κ2) is 5.52. The molecular formula is C17H22FN3O. The Morgan fingerprint density at radius 2 is 2.09 bits per heavy atom. The van der Waals surface area contributed by atoms with Crippen molar-refractivity contribution in [1.29, 1.82) is 0 Å². The molecule has 0 spiro atoms. The fraction of sp³-hybridized carbons (Fsp3) is 0.647. The third-order valence-electron chi connectivity index (χ3n) is 5.43. The van der Waals surface area contributed by atoms with E-state index in [-0.39, 0.29) is 23.7 Å². The molecule has 0 bridgehead atoms. The molecule has 3 fully saturated rings. The second-order valence-corrected chi connectivity index (χ2v) is 6.96. The van der Waals surface area contributed by atoms with Crippen LogP contribution in [0, 0.1) is 23.6 Å². The van der Waals surface area contributed by atoms with Crippen molar-refractivity contribution in [3.8, 4) is 0 Å². The molecule has 22 heavy (non-hydrogen) atoms. The van der Waals surface area contributed by atoms with Crippen molar-refractivity contribution in [2.24, 2.45) is 17.8 Å². The number of carbonyl (C=O) groups is 1. The van der Waals surface area contributed by atoms with Gasteiger partial charge in [0, 0.05) is 31.1 Å². The maximum atomic E-state index is 14.0. The topological polar surface area (TPSA) is 45.2 Å². The van der Waals surface area contributed by atoms with Crippen LogP contribution in [0.1, 0.15) is 32.1 Å². The lowest BCUT2D eigenvalue weighted by Gasteiger charge is -2.27. The molecule has 4 rings (SSSR count). The Balaban J connectivity index is 1.48. The van der Waals surface area contributed by atoms with Crippen LogP contribution in [0.4, 0.5) is 10.2 Å². The number of carbonyl (C=O) groups excluding carboxylic acids is 1. The monoisotopic (exact) mass is 303 g/mol. The first-order valence-corrected chi connectivity index (χ1v) is 8.38. The lowest BCUT2D eigenvalue weighted by atomic mass is 9.84. The molecule has 1 aliphatic heterocycles. The number of amides is 1. The number of pyridine rings is 1. The van der Waals surface area contributed by atoms with Crippen LogP contribution in [0.2, 0.25) is 0 Å². The highest BCUT2D eigenvalue weighted by Crippen LogP contribution is 2.42. The Hall–Kier alpha value is -1.65. The third-order valence-corrected chi connectivity index (χ3v) is 5.43. The van der Waals surface area contributed by atoms with Crippen LogP contribution >= 0.6 is 0 Å². The van der Waals surface area contributed by atoms with E-state index in [9.17, 15) is 9.18 Å². The van der Waals surface area contributed by atoms with Crippen molar-refractivity contribution in [2.45, 2.75) is 38.1 Å². The summed E-state index contributed by atoms with van der Waals surface area (Å²) in [4.78, 5) is 18.5. The van der Waals surface area contributed by atoms with E-state index >= 15 is 0 Å². The van der Waals surface area contributed by atoms with Gasteiger partial charge >= 0.3 is 0 Å². The number of hydrogen-bond donors (Lipinski definition) is 1. The number of nitrogens with zero attached hydrogens (tertiary/aromatic N) is 2. The van der Waals surface area contributed by atoms with Crippen molar-refractivity contribution in [1.82, 2.24) is 10.3 Å². The summed E-state index contributed by atoms with van der Waals surface area (Å²) in [5, 5.41) is 3.24.